The number of hydrogen-bond acceptors (Lipinski definition) is 6. The molecular formula is C10H18O6Si. The zero-order chi connectivity index (χ0) is 13.1. The van der Waals surface area contributed by atoms with Crippen molar-refractivity contribution < 1.29 is 27.6 Å². The summed E-state index contributed by atoms with van der Waals surface area (Å²) in [5.74, 6) is -1.34. The monoisotopic (exact) mass is 262 g/mol. The standard InChI is InChI=1S/C10H18O6Si/c1-7(17(13-2,14-3)15-4)5-8-6-9(11)16-10(8)12/h7-8H,5-6H2,1-4H3. The van der Waals surface area contributed by atoms with Crippen molar-refractivity contribution in [2.45, 2.75) is 25.3 Å². The molecule has 98 valence electrons. The second-order valence-corrected chi connectivity index (χ2v) is 7.46. The minimum atomic E-state index is -2.76. The van der Waals surface area contributed by atoms with Crippen molar-refractivity contribution in [3.05, 3.63) is 0 Å². The van der Waals surface area contributed by atoms with E-state index in [0.29, 0.717) is 6.42 Å². The summed E-state index contributed by atoms with van der Waals surface area (Å²) in [5, 5.41) is 0. The molecule has 0 amide bonds. The lowest BCUT2D eigenvalue weighted by Gasteiger charge is -2.30. The van der Waals surface area contributed by atoms with Gasteiger partial charge in [-0.15, -0.1) is 0 Å². The number of cyclic esters (lactones) is 2. The van der Waals surface area contributed by atoms with Gasteiger partial charge in [0.05, 0.1) is 12.3 Å². The highest BCUT2D eigenvalue weighted by Crippen LogP contribution is 2.33. The van der Waals surface area contributed by atoms with Crippen LogP contribution >= 0.6 is 0 Å². The molecule has 2 unspecified atom stereocenters. The highest BCUT2D eigenvalue weighted by Gasteiger charge is 2.47. The van der Waals surface area contributed by atoms with Crippen molar-refractivity contribution in [2.75, 3.05) is 21.3 Å². The third-order valence-electron chi connectivity index (χ3n) is 3.06. The van der Waals surface area contributed by atoms with Gasteiger partial charge in [-0.3, -0.25) is 9.59 Å². The molecule has 1 aliphatic rings. The molecule has 0 bridgehead atoms. The number of carbonyl (C=O) groups excluding carboxylic acids is 2. The number of hydrogen-bond donors (Lipinski definition) is 0. The minimum absolute atomic E-state index is 0.0778. The summed E-state index contributed by atoms with van der Waals surface area (Å²) in [5.41, 5.74) is -0.0778. The summed E-state index contributed by atoms with van der Waals surface area (Å²) in [6.07, 6.45) is 0.594. The average Bonchev–Trinajstić information content (AvgIpc) is 2.61. The van der Waals surface area contributed by atoms with Gasteiger partial charge in [0.1, 0.15) is 0 Å². The molecule has 1 aliphatic heterocycles. The molecule has 0 aromatic heterocycles. The van der Waals surface area contributed by atoms with Gasteiger partial charge in [-0.2, -0.15) is 0 Å². The molecule has 0 aromatic rings. The lowest BCUT2D eigenvalue weighted by molar-refractivity contribution is -0.153. The number of rotatable bonds is 6. The van der Waals surface area contributed by atoms with Crippen molar-refractivity contribution in [3.8, 4) is 0 Å². The van der Waals surface area contributed by atoms with Crippen molar-refractivity contribution in [1.29, 1.82) is 0 Å². The van der Waals surface area contributed by atoms with Crippen LogP contribution in [0, 0.1) is 5.92 Å². The summed E-state index contributed by atoms with van der Waals surface area (Å²) in [4.78, 5) is 22.3. The Morgan fingerprint density at radius 1 is 1.29 bits per heavy atom. The van der Waals surface area contributed by atoms with Gasteiger partial charge in [-0.25, -0.2) is 0 Å². The lowest BCUT2D eigenvalue weighted by Crippen LogP contribution is -2.47. The predicted octanol–water partition coefficient (Wildman–Crippen LogP) is 0.734. The molecule has 6 nitrogen and oxygen atoms in total. The first-order valence-corrected chi connectivity index (χ1v) is 7.19. The molecule has 1 fully saturated rings. The molecule has 0 spiro atoms. The van der Waals surface area contributed by atoms with E-state index in [1.54, 1.807) is 0 Å². The molecule has 7 heteroatoms. The topological polar surface area (TPSA) is 71.1 Å². The SMILES string of the molecule is CO[Si](OC)(OC)C(C)CC1CC(=O)OC1=O. The molecule has 0 aromatic carbocycles. The summed E-state index contributed by atoms with van der Waals surface area (Å²) in [6, 6.07) is 0. The van der Waals surface area contributed by atoms with E-state index in [0.717, 1.165) is 0 Å². The summed E-state index contributed by atoms with van der Waals surface area (Å²) in [7, 11) is 1.81. The van der Waals surface area contributed by atoms with Crippen molar-refractivity contribution in [2.24, 2.45) is 5.92 Å². The molecule has 1 saturated heterocycles. The van der Waals surface area contributed by atoms with Gasteiger partial charge in [0, 0.05) is 26.9 Å². The van der Waals surface area contributed by atoms with Gasteiger partial charge < -0.3 is 18.0 Å². The van der Waals surface area contributed by atoms with Crippen LogP contribution in [0.4, 0.5) is 0 Å². The van der Waals surface area contributed by atoms with Crippen molar-refractivity contribution in [3.63, 3.8) is 0 Å². The van der Waals surface area contributed by atoms with E-state index in [2.05, 4.69) is 4.74 Å². The number of ether oxygens (including phenoxy) is 1. The van der Waals surface area contributed by atoms with Crippen LogP contribution < -0.4 is 0 Å². The van der Waals surface area contributed by atoms with Crippen LogP contribution in [0.3, 0.4) is 0 Å². The van der Waals surface area contributed by atoms with E-state index in [1.807, 2.05) is 6.92 Å². The smallest absolute Gasteiger partial charge is 0.393 e. The summed E-state index contributed by atoms with van der Waals surface area (Å²) >= 11 is 0. The van der Waals surface area contributed by atoms with Gasteiger partial charge in [0.15, 0.2) is 0 Å². The number of esters is 2. The zero-order valence-electron chi connectivity index (χ0n) is 10.5. The molecule has 1 heterocycles. The fourth-order valence-corrected chi connectivity index (χ4v) is 4.41. The molecule has 2 atom stereocenters. The van der Waals surface area contributed by atoms with Gasteiger partial charge in [0.2, 0.25) is 0 Å². The van der Waals surface area contributed by atoms with Crippen LogP contribution in [0.5, 0.6) is 0 Å². The Bertz CT molecular complexity index is 293. The highest BCUT2D eigenvalue weighted by molar-refractivity contribution is 6.62. The van der Waals surface area contributed by atoms with E-state index >= 15 is 0 Å². The maximum Gasteiger partial charge on any atom is 0.503 e. The minimum Gasteiger partial charge on any atom is -0.393 e. The van der Waals surface area contributed by atoms with Gasteiger partial charge in [-0.1, -0.05) is 6.92 Å². The Balaban J connectivity index is 2.67. The molecule has 0 radical (unpaired) electrons. The molecule has 1 rings (SSSR count). The van der Waals surface area contributed by atoms with Gasteiger partial charge >= 0.3 is 20.7 Å². The predicted molar refractivity (Wildman–Crippen MR) is 60.0 cm³/mol. The molecule has 0 N–H and O–H groups in total. The molecular weight excluding hydrogens is 244 g/mol. The Hall–Kier alpha value is -0.763. The molecule has 17 heavy (non-hydrogen) atoms. The quantitative estimate of drug-likeness (QED) is 0.399. The largest absolute Gasteiger partial charge is 0.503 e. The van der Waals surface area contributed by atoms with Crippen LogP contribution in [0.2, 0.25) is 5.54 Å². The molecule has 0 saturated carbocycles. The fraction of sp³-hybridized carbons (Fsp3) is 0.800. The van der Waals surface area contributed by atoms with Crippen LogP contribution in [0.15, 0.2) is 0 Å². The maximum absolute atomic E-state index is 11.4. The Kier molecular flexibility index (Phi) is 4.81. The maximum atomic E-state index is 11.4. The van der Waals surface area contributed by atoms with Crippen molar-refractivity contribution >= 4 is 20.7 Å². The summed E-state index contributed by atoms with van der Waals surface area (Å²) < 4.78 is 20.5. The highest BCUT2D eigenvalue weighted by atomic mass is 28.4. The second kappa shape index (κ2) is 5.72. The Morgan fingerprint density at radius 3 is 2.18 bits per heavy atom. The Morgan fingerprint density at radius 2 is 1.82 bits per heavy atom. The third kappa shape index (κ3) is 2.92. The normalized spacial score (nSPS) is 22.7. The fourth-order valence-electron chi connectivity index (χ4n) is 2.13. The first-order chi connectivity index (χ1) is 7.99. The molecule has 0 aliphatic carbocycles. The van der Waals surface area contributed by atoms with Gasteiger partial charge in [-0.05, 0) is 6.42 Å². The second-order valence-electron chi connectivity index (χ2n) is 4.05. The van der Waals surface area contributed by atoms with E-state index in [1.165, 1.54) is 21.3 Å². The lowest BCUT2D eigenvalue weighted by atomic mass is 10.0. The van der Waals surface area contributed by atoms with E-state index in [-0.39, 0.29) is 12.0 Å². The number of carbonyl (C=O) groups is 2. The van der Waals surface area contributed by atoms with Crippen LogP contribution in [-0.4, -0.2) is 42.1 Å². The van der Waals surface area contributed by atoms with Crippen molar-refractivity contribution in [1.82, 2.24) is 0 Å². The van der Waals surface area contributed by atoms with E-state index in [4.69, 9.17) is 13.3 Å². The van der Waals surface area contributed by atoms with Crippen LogP contribution in [0.1, 0.15) is 19.8 Å². The summed E-state index contributed by atoms with van der Waals surface area (Å²) in [6.45, 7) is 1.89. The first-order valence-electron chi connectivity index (χ1n) is 5.39. The van der Waals surface area contributed by atoms with E-state index < -0.39 is 26.7 Å². The Labute approximate surface area is 102 Å². The van der Waals surface area contributed by atoms with E-state index in [9.17, 15) is 9.59 Å². The zero-order valence-corrected chi connectivity index (χ0v) is 11.5. The van der Waals surface area contributed by atoms with Gasteiger partial charge in [0.25, 0.3) is 0 Å². The van der Waals surface area contributed by atoms with Crippen LogP contribution in [-0.2, 0) is 27.6 Å². The third-order valence-corrected chi connectivity index (χ3v) is 6.21. The van der Waals surface area contributed by atoms with Crippen LogP contribution in [0.25, 0.3) is 0 Å². The first kappa shape index (κ1) is 14.3. The average molecular weight is 262 g/mol.